The molecule has 6 heteroatoms. The summed E-state index contributed by atoms with van der Waals surface area (Å²) in [6.07, 6.45) is 5.17. The van der Waals surface area contributed by atoms with E-state index in [0.717, 1.165) is 27.8 Å². The Balaban J connectivity index is 1.61. The second-order valence-electron chi connectivity index (χ2n) is 6.18. The third-order valence-electron chi connectivity index (χ3n) is 3.60. The molecule has 0 radical (unpaired) electrons. The van der Waals surface area contributed by atoms with E-state index in [1.165, 1.54) is 0 Å². The molecule has 2 aromatic carbocycles. The molecule has 1 N–H and O–H groups in total. The molecule has 0 aliphatic rings. The van der Waals surface area contributed by atoms with Crippen LogP contribution >= 0.6 is 11.8 Å². The fraction of sp³-hybridized carbons (Fsp3) is 0.190. The second-order valence-corrected chi connectivity index (χ2v) is 7.17. The van der Waals surface area contributed by atoms with Crippen LogP contribution in [-0.2, 0) is 5.75 Å². The number of anilines is 1. The van der Waals surface area contributed by atoms with Crippen molar-refractivity contribution in [3.05, 3.63) is 78.2 Å². The number of rotatable bonds is 7. The summed E-state index contributed by atoms with van der Waals surface area (Å²) in [5.41, 5.74) is 2.41. The normalized spacial score (nSPS) is 10.6. The lowest BCUT2D eigenvalue weighted by Crippen LogP contribution is -2.12. The molecule has 3 aromatic rings. The van der Waals surface area contributed by atoms with Gasteiger partial charge in [-0.1, -0.05) is 12.1 Å². The third kappa shape index (κ3) is 5.82. The zero-order chi connectivity index (χ0) is 19.1. The van der Waals surface area contributed by atoms with Crippen molar-refractivity contribution < 1.29 is 9.53 Å². The van der Waals surface area contributed by atoms with E-state index in [4.69, 9.17) is 4.74 Å². The Hall–Kier alpha value is -2.86. The lowest BCUT2D eigenvalue weighted by atomic mass is 10.1. The SMILES string of the molecule is CC(C)Oc1ccc(NC(=O)c2cccc(CSc3cnccn3)c2)cc1. The van der Waals surface area contributed by atoms with Crippen molar-refractivity contribution >= 4 is 23.4 Å². The molecule has 5 nitrogen and oxygen atoms in total. The first kappa shape index (κ1) is 18.9. The molecule has 138 valence electrons. The summed E-state index contributed by atoms with van der Waals surface area (Å²) in [7, 11) is 0. The molecule has 0 spiro atoms. The number of thioether (sulfide) groups is 1. The summed E-state index contributed by atoms with van der Waals surface area (Å²) in [6, 6.07) is 15.0. The van der Waals surface area contributed by atoms with Crippen LogP contribution in [0.5, 0.6) is 5.75 Å². The smallest absolute Gasteiger partial charge is 0.255 e. The minimum absolute atomic E-state index is 0.118. The van der Waals surface area contributed by atoms with Crippen LogP contribution in [0.1, 0.15) is 29.8 Å². The summed E-state index contributed by atoms with van der Waals surface area (Å²) in [6.45, 7) is 3.96. The molecule has 0 fully saturated rings. The topological polar surface area (TPSA) is 64.1 Å². The first-order valence-corrected chi connectivity index (χ1v) is 9.64. The van der Waals surface area contributed by atoms with Crippen LogP contribution < -0.4 is 10.1 Å². The molecular formula is C21H21N3O2S. The molecule has 0 bridgehead atoms. The fourth-order valence-electron chi connectivity index (χ4n) is 2.41. The predicted octanol–water partition coefficient (Wildman–Crippen LogP) is 4.81. The van der Waals surface area contributed by atoms with Crippen LogP contribution in [0.4, 0.5) is 5.69 Å². The van der Waals surface area contributed by atoms with Gasteiger partial charge in [0.1, 0.15) is 10.8 Å². The molecular weight excluding hydrogens is 358 g/mol. The molecule has 0 unspecified atom stereocenters. The van der Waals surface area contributed by atoms with Gasteiger partial charge in [-0.15, -0.1) is 11.8 Å². The van der Waals surface area contributed by atoms with E-state index in [9.17, 15) is 4.79 Å². The van der Waals surface area contributed by atoms with Crippen molar-refractivity contribution in [2.75, 3.05) is 5.32 Å². The van der Waals surface area contributed by atoms with Gasteiger partial charge in [0.25, 0.3) is 5.91 Å². The summed E-state index contributed by atoms with van der Waals surface area (Å²) >= 11 is 1.59. The zero-order valence-corrected chi connectivity index (χ0v) is 16.1. The monoisotopic (exact) mass is 379 g/mol. The Labute approximate surface area is 163 Å². The maximum Gasteiger partial charge on any atom is 0.255 e. The molecule has 0 saturated carbocycles. The quantitative estimate of drug-likeness (QED) is 0.597. The number of carbonyl (C=O) groups excluding carboxylic acids is 1. The van der Waals surface area contributed by atoms with Crippen molar-refractivity contribution in [1.29, 1.82) is 0 Å². The van der Waals surface area contributed by atoms with Gasteiger partial charge in [-0.25, -0.2) is 4.98 Å². The van der Waals surface area contributed by atoms with Crippen LogP contribution in [0.15, 0.2) is 72.1 Å². The minimum Gasteiger partial charge on any atom is -0.491 e. The lowest BCUT2D eigenvalue weighted by molar-refractivity contribution is 0.102. The first-order chi connectivity index (χ1) is 13.1. The maximum absolute atomic E-state index is 12.5. The summed E-state index contributed by atoms with van der Waals surface area (Å²) in [5, 5.41) is 3.77. The lowest BCUT2D eigenvalue weighted by Gasteiger charge is -2.11. The number of nitrogens with one attached hydrogen (secondary N) is 1. The zero-order valence-electron chi connectivity index (χ0n) is 15.3. The average molecular weight is 379 g/mol. The fourth-order valence-corrected chi connectivity index (χ4v) is 3.18. The van der Waals surface area contributed by atoms with E-state index in [1.807, 2.05) is 62.4 Å². The molecule has 1 heterocycles. The highest BCUT2D eigenvalue weighted by Crippen LogP contribution is 2.21. The van der Waals surface area contributed by atoms with Crippen molar-refractivity contribution in [1.82, 2.24) is 9.97 Å². The Morgan fingerprint density at radius 2 is 1.96 bits per heavy atom. The highest BCUT2D eigenvalue weighted by molar-refractivity contribution is 7.98. The van der Waals surface area contributed by atoms with Crippen LogP contribution in [0, 0.1) is 0 Å². The summed E-state index contributed by atoms with van der Waals surface area (Å²) in [4.78, 5) is 20.8. The predicted molar refractivity (Wildman–Crippen MR) is 108 cm³/mol. The van der Waals surface area contributed by atoms with Crippen LogP contribution in [-0.4, -0.2) is 22.0 Å². The Kier molecular flexibility index (Phi) is 6.44. The third-order valence-corrected chi connectivity index (χ3v) is 4.58. The van der Waals surface area contributed by atoms with Gasteiger partial charge in [0.2, 0.25) is 0 Å². The molecule has 0 aliphatic carbocycles. The van der Waals surface area contributed by atoms with E-state index in [0.29, 0.717) is 5.56 Å². The van der Waals surface area contributed by atoms with E-state index < -0.39 is 0 Å². The molecule has 0 atom stereocenters. The highest BCUT2D eigenvalue weighted by atomic mass is 32.2. The van der Waals surface area contributed by atoms with Crippen LogP contribution in [0.25, 0.3) is 0 Å². The molecule has 1 aromatic heterocycles. The van der Waals surface area contributed by atoms with Crippen LogP contribution in [0.3, 0.4) is 0 Å². The number of hydrogen-bond acceptors (Lipinski definition) is 5. The van der Waals surface area contributed by atoms with Gasteiger partial charge in [-0.05, 0) is 55.8 Å². The van der Waals surface area contributed by atoms with E-state index in [-0.39, 0.29) is 12.0 Å². The first-order valence-electron chi connectivity index (χ1n) is 8.66. The van der Waals surface area contributed by atoms with E-state index >= 15 is 0 Å². The minimum atomic E-state index is -0.140. The van der Waals surface area contributed by atoms with Gasteiger partial charge in [-0.2, -0.15) is 0 Å². The van der Waals surface area contributed by atoms with Crippen molar-refractivity contribution in [2.24, 2.45) is 0 Å². The van der Waals surface area contributed by atoms with E-state index in [2.05, 4.69) is 15.3 Å². The Morgan fingerprint density at radius 1 is 1.15 bits per heavy atom. The highest BCUT2D eigenvalue weighted by Gasteiger charge is 2.08. The van der Waals surface area contributed by atoms with Crippen molar-refractivity contribution in [3.63, 3.8) is 0 Å². The number of benzene rings is 2. The van der Waals surface area contributed by atoms with E-state index in [1.54, 1.807) is 30.4 Å². The van der Waals surface area contributed by atoms with Crippen LogP contribution in [0.2, 0.25) is 0 Å². The molecule has 1 amide bonds. The van der Waals surface area contributed by atoms with Gasteiger partial charge in [0, 0.05) is 29.4 Å². The second kappa shape index (κ2) is 9.19. The number of hydrogen-bond donors (Lipinski definition) is 1. The maximum atomic E-state index is 12.5. The summed E-state index contributed by atoms with van der Waals surface area (Å²) < 4.78 is 5.61. The standard InChI is InChI=1S/C21H21N3O2S/c1-15(2)26-19-8-6-18(7-9-19)24-21(25)17-5-3-4-16(12-17)14-27-20-13-22-10-11-23-20/h3-13,15H,14H2,1-2H3,(H,24,25). The largest absolute Gasteiger partial charge is 0.491 e. The average Bonchev–Trinajstić information content (AvgIpc) is 2.68. The molecule has 0 saturated heterocycles. The Bertz CT molecular complexity index is 883. The van der Waals surface area contributed by atoms with Crippen molar-refractivity contribution in [2.45, 2.75) is 30.7 Å². The van der Waals surface area contributed by atoms with Gasteiger partial charge in [0.05, 0.1) is 12.3 Å². The summed E-state index contributed by atoms with van der Waals surface area (Å²) in [5.74, 6) is 1.37. The van der Waals surface area contributed by atoms with Gasteiger partial charge >= 0.3 is 0 Å². The number of aromatic nitrogens is 2. The van der Waals surface area contributed by atoms with Gasteiger partial charge in [-0.3, -0.25) is 9.78 Å². The number of nitrogens with zero attached hydrogens (tertiary/aromatic N) is 2. The number of carbonyl (C=O) groups is 1. The molecule has 0 aliphatic heterocycles. The van der Waals surface area contributed by atoms with Crippen molar-refractivity contribution in [3.8, 4) is 5.75 Å². The molecule has 3 rings (SSSR count). The number of amides is 1. The van der Waals surface area contributed by atoms with Gasteiger partial charge in [0.15, 0.2) is 0 Å². The molecule has 27 heavy (non-hydrogen) atoms. The number of ether oxygens (including phenoxy) is 1. The van der Waals surface area contributed by atoms with Gasteiger partial charge < -0.3 is 10.1 Å². The Morgan fingerprint density at radius 3 is 2.67 bits per heavy atom.